The molecule has 15 nitrogen and oxygen atoms in total. The lowest BCUT2D eigenvalue weighted by Crippen LogP contribution is -2.56. The minimum atomic E-state index is -0.690. The summed E-state index contributed by atoms with van der Waals surface area (Å²) in [6, 6.07) is 33.8. The van der Waals surface area contributed by atoms with Gasteiger partial charge in [0.2, 0.25) is 11.8 Å². The van der Waals surface area contributed by atoms with Crippen molar-refractivity contribution >= 4 is 35.4 Å². The summed E-state index contributed by atoms with van der Waals surface area (Å²) in [5.41, 5.74) is 2.74. The predicted molar refractivity (Wildman–Crippen MR) is 254 cm³/mol. The molecule has 0 bridgehead atoms. The fourth-order valence-corrected chi connectivity index (χ4v) is 7.56. The van der Waals surface area contributed by atoms with Crippen molar-refractivity contribution in [3.63, 3.8) is 0 Å². The van der Waals surface area contributed by atoms with Crippen LogP contribution in [0.15, 0.2) is 109 Å². The van der Waals surface area contributed by atoms with Gasteiger partial charge in [-0.1, -0.05) is 84.9 Å². The van der Waals surface area contributed by atoms with Crippen molar-refractivity contribution in [3.8, 4) is 11.5 Å². The molecule has 2 heterocycles. The molecule has 0 saturated carbocycles. The van der Waals surface area contributed by atoms with Crippen LogP contribution in [0.4, 0.5) is 21.0 Å². The molecule has 0 unspecified atom stereocenters. The maximum absolute atomic E-state index is 13.4. The zero-order valence-electron chi connectivity index (χ0n) is 39.2. The minimum absolute atomic E-state index is 0. The molecule has 4 aromatic rings. The molecule has 4 aromatic carbocycles. The highest BCUT2D eigenvalue weighted by atomic mass is 16.6. The summed E-state index contributed by atoms with van der Waals surface area (Å²) in [6.45, 7) is 15.9. The Morgan fingerprint density at radius 2 is 0.800 bits per heavy atom. The van der Waals surface area contributed by atoms with Crippen LogP contribution >= 0.6 is 0 Å². The van der Waals surface area contributed by atoms with Gasteiger partial charge in [-0.05, 0) is 76.9 Å². The first-order valence-electron chi connectivity index (χ1n) is 21.9. The van der Waals surface area contributed by atoms with Gasteiger partial charge >= 0.3 is 12.2 Å². The van der Waals surface area contributed by atoms with Crippen LogP contribution in [0, 0.1) is 0 Å². The Labute approximate surface area is 384 Å². The Bertz CT molecular complexity index is 1960. The van der Waals surface area contributed by atoms with E-state index >= 15 is 0 Å². The molecular formula is C50H68N6O9. The molecule has 0 aromatic heterocycles. The number of nitrogens with one attached hydrogen (secondary N) is 2. The summed E-state index contributed by atoms with van der Waals surface area (Å²) < 4.78 is 21.8. The van der Waals surface area contributed by atoms with Gasteiger partial charge in [0.1, 0.15) is 34.8 Å². The first kappa shape index (κ1) is 51.2. The molecule has 352 valence electrons. The van der Waals surface area contributed by atoms with E-state index in [1.54, 1.807) is 55.8 Å². The fourth-order valence-electron chi connectivity index (χ4n) is 7.56. The minimum Gasteiger partial charge on any atom is -0.495 e. The van der Waals surface area contributed by atoms with Crippen LogP contribution < -0.4 is 29.9 Å². The molecule has 2 aliphatic heterocycles. The number of hydrogen-bond donors (Lipinski definition) is 2. The van der Waals surface area contributed by atoms with E-state index in [0.29, 0.717) is 65.2 Å². The molecule has 0 spiro atoms. The van der Waals surface area contributed by atoms with Gasteiger partial charge in [0.15, 0.2) is 0 Å². The molecule has 4 amide bonds. The lowest BCUT2D eigenvalue weighted by atomic mass is 10.0. The maximum Gasteiger partial charge on any atom is 0.408 e. The number of nitrogens with zero attached hydrogens (tertiary/aromatic N) is 4. The van der Waals surface area contributed by atoms with E-state index in [9.17, 15) is 19.2 Å². The van der Waals surface area contributed by atoms with Crippen LogP contribution in [0.2, 0.25) is 0 Å². The van der Waals surface area contributed by atoms with Crippen molar-refractivity contribution in [3.05, 3.63) is 120 Å². The molecule has 2 atom stereocenters. The highest BCUT2D eigenvalue weighted by Crippen LogP contribution is 2.30. The number of amides is 4. The van der Waals surface area contributed by atoms with Crippen LogP contribution in [0.1, 0.15) is 52.7 Å². The van der Waals surface area contributed by atoms with E-state index < -0.39 is 35.5 Å². The molecule has 2 fully saturated rings. The summed E-state index contributed by atoms with van der Waals surface area (Å²) in [5, 5.41) is 5.59. The molecule has 4 N–H and O–H groups in total. The van der Waals surface area contributed by atoms with Crippen molar-refractivity contribution < 1.29 is 43.6 Å². The molecule has 15 heteroatoms. The second-order valence-corrected chi connectivity index (χ2v) is 17.7. The van der Waals surface area contributed by atoms with Crippen LogP contribution in [-0.2, 0) is 31.9 Å². The highest BCUT2D eigenvalue weighted by Gasteiger charge is 2.33. The average molecular weight is 897 g/mol. The topological polar surface area (TPSA) is 174 Å². The van der Waals surface area contributed by atoms with Crippen molar-refractivity contribution in [2.24, 2.45) is 0 Å². The smallest absolute Gasteiger partial charge is 0.408 e. The summed E-state index contributed by atoms with van der Waals surface area (Å²) in [6.07, 6.45) is -0.351. The number of carbonyl (C=O) groups is 4. The number of benzene rings is 4. The van der Waals surface area contributed by atoms with Gasteiger partial charge < -0.3 is 54.7 Å². The van der Waals surface area contributed by atoms with Gasteiger partial charge in [-0.2, -0.15) is 0 Å². The number of para-hydroxylation sites is 4. The number of methoxy groups -OCH3 is 2. The summed E-state index contributed by atoms with van der Waals surface area (Å²) in [7, 11) is 3.32. The van der Waals surface area contributed by atoms with Gasteiger partial charge in [0.25, 0.3) is 0 Å². The number of ether oxygens (including phenoxy) is 4. The Balaban J connectivity index is 0.000000280. The molecule has 2 saturated heterocycles. The molecule has 6 rings (SSSR count). The zero-order valence-corrected chi connectivity index (χ0v) is 39.2. The first-order chi connectivity index (χ1) is 30.5. The molecule has 0 aliphatic carbocycles. The number of alkyl carbamates (subject to hydrolysis) is 2. The largest absolute Gasteiger partial charge is 0.495 e. The van der Waals surface area contributed by atoms with Crippen molar-refractivity contribution in [1.82, 2.24) is 20.4 Å². The Morgan fingerprint density at radius 3 is 1.11 bits per heavy atom. The maximum atomic E-state index is 13.4. The fraction of sp³-hybridized carbons (Fsp3) is 0.440. The summed E-state index contributed by atoms with van der Waals surface area (Å²) in [4.78, 5) is 59.7. The average Bonchev–Trinajstić information content (AvgIpc) is 3.28. The van der Waals surface area contributed by atoms with E-state index in [1.807, 2.05) is 119 Å². The SMILES string of the molecule is COc1ccccc1N1CCN(C(=O)[C@@H](Cc2ccccc2)NC(=O)OC(C)(C)C)CC1.COc1ccccc1N1CCN(C(=O)[C@@H](Cc2ccccc2)NC(=O)OC(C)(C)C)CC1.O. The third-order valence-corrected chi connectivity index (χ3v) is 10.6. The van der Waals surface area contributed by atoms with E-state index in [2.05, 4.69) is 20.4 Å². The van der Waals surface area contributed by atoms with Gasteiger partial charge in [0.05, 0.1) is 25.6 Å². The first-order valence-corrected chi connectivity index (χ1v) is 21.9. The zero-order chi connectivity index (χ0) is 46.3. The standard InChI is InChI=1S/2C25H33N3O4.H2O/c2*1-25(2,3)32-24(30)26-20(18-19-10-6-5-7-11-19)23(29)28-16-14-27(15-17-28)21-12-8-9-13-22(21)31-4;/h2*5-13,20H,14-18H2,1-4H3,(H,26,30);1H2/t2*20-;/m11./s1. The predicted octanol–water partition coefficient (Wildman–Crippen LogP) is 6.13. The third kappa shape index (κ3) is 15.9. The van der Waals surface area contributed by atoms with Gasteiger partial charge in [-0.3, -0.25) is 9.59 Å². The Hall–Kier alpha value is -6.48. The van der Waals surface area contributed by atoms with E-state index in [1.165, 1.54) is 0 Å². The number of anilines is 2. The normalized spacial score (nSPS) is 14.9. The van der Waals surface area contributed by atoms with Crippen molar-refractivity contribution in [1.29, 1.82) is 0 Å². The second-order valence-electron chi connectivity index (χ2n) is 17.7. The Kier molecular flexibility index (Phi) is 18.9. The van der Waals surface area contributed by atoms with Crippen LogP contribution in [0.25, 0.3) is 0 Å². The lowest BCUT2D eigenvalue weighted by Gasteiger charge is -2.38. The highest BCUT2D eigenvalue weighted by molar-refractivity contribution is 5.87. The number of carbonyl (C=O) groups excluding carboxylic acids is 4. The monoisotopic (exact) mass is 897 g/mol. The number of piperazine rings is 2. The molecular weight excluding hydrogens is 829 g/mol. The molecule has 65 heavy (non-hydrogen) atoms. The van der Waals surface area contributed by atoms with Gasteiger partial charge in [0, 0.05) is 65.2 Å². The summed E-state index contributed by atoms with van der Waals surface area (Å²) >= 11 is 0. The third-order valence-electron chi connectivity index (χ3n) is 10.6. The molecule has 2 aliphatic rings. The van der Waals surface area contributed by atoms with Crippen molar-refractivity contribution in [2.45, 2.75) is 77.7 Å². The Morgan fingerprint density at radius 1 is 0.492 bits per heavy atom. The number of rotatable bonds is 12. The van der Waals surface area contributed by atoms with Crippen LogP contribution in [-0.4, -0.2) is 129 Å². The van der Waals surface area contributed by atoms with Gasteiger partial charge in [-0.15, -0.1) is 0 Å². The molecule has 0 radical (unpaired) electrons. The van der Waals surface area contributed by atoms with E-state index in [-0.39, 0.29) is 17.3 Å². The number of hydrogen-bond acceptors (Lipinski definition) is 10. The van der Waals surface area contributed by atoms with Gasteiger partial charge in [-0.25, -0.2) is 9.59 Å². The lowest BCUT2D eigenvalue weighted by molar-refractivity contribution is -0.134. The van der Waals surface area contributed by atoms with Crippen molar-refractivity contribution in [2.75, 3.05) is 76.4 Å². The van der Waals surface area contributed by atoms with Crippen LogP contribution in [0.3, 0.4) is 0 Å². The van der Waals surface area contributed by atoms with Crippen LogP contribution in [0.5, 0.6) is 11.5 Å². The quantitative estimate of drug-likeness (QED) is 0.168. The second kappa shape index (κ2) is 24.0. The van der Waals surface area contributed by atoms with E-state index in [0.717, 1.165) is 34.0 Å². The summed E-state index contributed by atoms with van der Waals surface area (Å²) in [5.74, 6) is 1.44. The van der Waals surface area contributed by atoms with E-state index in [4.69, 9.17) is 18.9 Å².